The van der Waals surface area contributed by atoms with E-state index in [1.54, 1.807) is 54.0 Å². The first-order valence-corrected chi connectivity index (χ1v) is 15.9. The Balaban J connectivity index is 1.33. The maximum absolute atomic E-state index is 15.4. The van der Waals surface area contributed by atoms with Gasteiger partial charge in [0, 0.05) is 49.1 Å². The van der Waals surface area contributed by atoms with E-state index in [2.05, 4.69) is 0 Å². The van der Waals surface area contributed by atoms with E-state index in [0.29, 0.717) is 23.5 Å². The summed E-state index contributed by atoms with van der Waals surface area (Å²) in [6.45, 7) is 0.651. The van der Waals surface area contributed by atoms with E-state index in [9.17, 15) is 18.8 Å². The molecule has 1 fully saturated rings. The van der Waals surface area contributed by atoms with Gasteiger partial charge in [-0.15, -0.1) is 11.8 Å². The largest absolute Gasteiger partial charge is 0.482 e. The third kappa shape index (κ3) is 5.48. The van der Waals surface area contributed by atoms with E-state index in [1.165, 1.54) is 28.9 Å². The Morgan fingerprint density at radius 3 is 2.60 bits per heavy atom. The first-order chi connectivity index (χ1) is 22.7. The van der Waals surface area contributed by atoms with Crippen molar-refractivity contribution in [2.45, 2.75) is 29.5 Å². The monoisotopic (exact) mass is 660 g/mol. The predicted molar refractivity (Wildman–Crippen MR) is 169 cm³/mol. The Morgan fingerprint density at radius 1 is 1.02 bits per heavy atom. The van der Waals surface area contributed by atoms with Crippen LogP contribution in [0.5, 0.6) is 11.5 Å². The Hall–Kier alpha value is -4.88. The highest BCUT2D eigenvalue weighted by Crippen LogP contribution is 2.45. The van der Waals surface area contributed by atoms with Crippen molar-refractivity contribution in [1.29, 1.82) is 0 Å². The number of halogens is 2. The minimum atomic E-state index is -0.936. The van der Waals surface area contributed by atoms with E-state index in [0.717, 1.165) is 16.5 Å². The van der Waals surface area contributed by atoms with Crippen molar-refractivity contribution in [2.24, 2.45) is 0 Å². The summed E-state index contributed by atoms with van der Waals surface area (Å²) in [7, 11) is 3.16. The van der Waals surface area contributed by atoms with Gasteiger partial charge in [-0.05, 0) is 41.0 Å². The number of hydrogen-bond donors (Lipinski definition) is 0. The summed E-state index contributed by atoms with van der Waals surface area (Å²) in [6.07, 6.45) is 0.370. The quantitative estimate of drug-likeness (QED) is 0.298. The fourth-order valence-electron chi connectivity index (χ4n) is 6.11. The molecule has 2 amide bonds. The van der Waals surface area contributed by atoms with Gasteiger partial charge in [0.1, 0.15) is 18.5 Å². The maximum Gasteiger partial charge on any atom is 0.414 e. The molecule has 4 aromatic rings. The first-order valence-electron chi connectivity index (χ1n) is 14.9. The predicted octanol–water partition coefficient (Wildman–Crippen LogP) is 4.91. The van der Waals surface area contributed by atoms with Crippen LogP contribution >= 0.6 is 11.8 Å². The van der Waals surface area contributed by atoms with Crippen LogP contribution in [0.2, 0.25) is 0 Å². The first kappa shape index (κ1) is 30.8. The van der Waals surface area contributed by atoms with Gasteiger partial charge in [0.25, 0.3) is 5.91 Å². The van der Waals surface area contributed by atoms with Gasteiger partial charge in [-0.25, -0.2) is 13.6 Å². The molecule has 1 aromatic heterocycles. The van der Waals surface area contributed by atoms with E-state index in [4.69, 9.17) is 14.2 Å². The molecule has 0 radical (unpaired) electrons. The molecule has 4 heterocycles. The van der Waals surface area contributed by atoms with Crippen LogP contribution in [0.3, 0.4) is 0 Å². The van der Waals surface area contributed by atoms with Gasteiger partial charge in [0.05, 0.1) is 19.3 Å². The van der Waals surface area contributed by atoms with E-state index < -0.39 is 41.3 Å². The number of amides is 2. The zero-order chi connectivity index (χ0) is 32.8. The molecule has 2 atom stereocenters. The van der Waals surface area contributed by atoms with Gasteiger partial charge in [-0.3, -0.25) is 19.3 Å². The number of hydrogen-bond acceptors (Lipinski definition) is 8. The molecule has 242 valence electrons. The van der Waals surface area contributed by atoms with Crippen molar-refractivity contribution >= 4 is 23.8 Å². The molecule has 0 spiro atoms. The zero-order valence-electron chi connectivity index (χ0n) is 25.5. The average Bonchev–Trinajstić information content (AvgIpc) is 3.24. The second kappa shape index (κ2) is 12.4. The topological polar surface area (TPSA) is 93.6 Å². The highest BCUT2D eigenvalue weighted by Gasteiger charge is 2.46. The molecular weight excluding hydrogens is 630 g/mol. The van der Waals surface area contributed by atoms with Gasteiger partial charge in [-0.2, -0.15) is 0 Å². The summed E-state index contributed by atoms with van der Waals surface area (Å²) in [4.78, 5) is 43.3. The van der Waals surface area contributed by atoms with Crippen LogP contribution in [0.4, 0.5) is 13.6 Å². The summed E-state index contributed by atoms with van der Waals surface area (Å²) in [5.41, 5.74) is 1.81. The Bertz CT molecular complexity index is 1940. The van der Waals surface area contributed by atoms with Crippen LogP contribution in [-0.4, -0.2) is 66.5 Å². The smallest absolute Gasteiger partial charge is 0.414 e. The molecule has 7 rings (SSSR count). The standard InChI is InChI=1S/C34H30F2N4O6S/c1-37(2)34(43)46-21-9-7-20(8-10-21)17-45-32-26(41)13-14-39-31(32)33(42)38-15-16-44-18-28(38)40(39)30-22-11-12-25(35)29(36)24(22)19-47-27-6-4-3-5-23(27)30/h3-14,28,30H,15-19H2,1-2H3/t28-,30+/m1/s1. The summed E-state index contributed by atoms with van der Waals surface area (Å²) >= 11 is 1.41. The molecule has 0 saturated carbocycles. The minimum absolute atomic E-state index is 0.0192. The number of carbonyl (C=O) groups excluding carboxylic acids is 2. The van der Waals surface area contributed by atoms with Gasteiger partial charge in [0.2, 0.25) is 5.43 Å². The molecule has 0 N–H and O–H groups in total. The second-order valence-corrected chi connectivity index (χ2v) is 12.5. The van der Waals surface area contributed by atoms with Crippen molar-refractivity contribution in [1.82, 2.24) is 14.5 Å². The van der Waals surface area contributed by atoms with Crippen LogP contribution in [-0.2, 0) is 17.1 Å². The Kier molecular flexibility index (Phi) is 8.10. The van der Waals surface area contributed by atoms with Crippen LogP contribution < -0.4 is 19.9 Å². The molecule has 47 heavy (non-hydrogen) atoms. The zero-order valence-corrected chi connectivity index (χ0v) is 26.3. The van der Waals surface area contributed by atoms with E-state index in [-0.39, 0.29) is 42.5 Å². The van der Waals surface area contributed by atoms with Gasteiger partial charge >= 0.3 is 6.09 Å². The third-order valence-corrected chi connectivity index (χ3v) is 9.53. The summed E-state index contributed by atoms with van der Waals surface area (Å²) in [5, 5.41) is 1.90. The number of morpholine rings is 1. The van der Waals surface area contributed by atoms with Crippen molar-refractivity contribution < 1.29 is 32.6 Å². The number of carbonyl (C=O) groups is 2. The average molecular weight is 661 g/mol. The molecular formula is C34H30F2N4O6S. The number of aromatic nitrogens is 1. The molecule has 3 aromatic carbocycles. The number of rotatable bonds is 5. The lowest BCUT2D eigenvalue weighted by molar-refractivity contribution is -0.0199. The van der Waals surface area contributed by atoms with Crippen LogP contribution in [0.1, 0.15) is 38.8 Å². The van der Waals surface area contributed by atoms with Crippen LogP contribution in [0, 0.1) is 11.6 Å². The summed E-state index contributed by atoms with van der Waals surface area (Å²) in [6, 6.07) is 17.6. The van der Waals surface area contributed by atoms with Crippen molar-refractivity contribution in [2.75, 3.05) is 38.9 Å². The van der Waals surface area contributed by atoms with Crippen molar-refractivity contribution in [3.63, 3.8) is 0 Å². The third-order valence-electron chi connectivity index (χ3n) is 8.41. The van der Waals surface area contributed by atoms with E-state index >= 15 is 4.39 Å². The maximum atomic E-state index is 15.4. The number of nitrogens with zero attached hydrogens (tertiary/aromatic N) is 4. The van der Waals surface area contributed by atoms with Crippen LogP contribution in [0.25, 0.3) is 0 Å². The van der Waals surface area contributed by atoms with Gasteiger partial charge in [0.15, 0.2) is 23.1 Å². The lowest BCUT2D eigenvalue weighted by Crippen LogP contribution is -2.66. The summed E-state index contributed by atoms with van der Waals surface area (Å²) < 4.78 is 48.8. The molecule has 0 bridgehead atoms. The number of thioether (sulfide) groups is 1. The fourth-order valence-corrected chi connectivity index (χ4v) is 7.23. The molecule has 0 aliphatic carbocycles. The Labute approximate surface area is 273 Å². The lowest BCUT2D eigenvalue weighted by atomic mass is 9.93. The fraction of sp³-hybridized carbons (Fsp3) is 0.265. The normalized spacial score (nSPS) is 18.3. The molecule has 3 aliphatic heterocycles. The van der Waals surface area contributed by atoms with Crippen molar-refractivity contribution in [3.05, 3.63) is 123 Å². The van der Waals surface area contributed by atoms with Gasteiger partial charge < -0.3 is 24.0 Å². The summed E-state index contributed by atoms with van der Waals surface area (Å²) in [5.74, 6) is -1.85. The molecule has 1 saturated heterocycles. The lowest BCUT2D eigenvalue weighted by Gasteiger charge is -2.51. The molecule has 0 unspecified atom stereocenters. The number of pyridine rings is 1. The van der Waals surface area contributed by atoms with Crippen molar-refractivity contribution in [3.8, 4) is 11.5 Å². The second-order valence-electron chi connectivity index (χ2n) is 11.5. The molecule has 10 nitrogen and oxygen atoms in total. The molecule has 13 heteroatoms. The SMILES string of the molecule is CN(C)C(=O)Oc1ccc(COc2c3n(ccc2=O)N([C@@H]2c4ccccc4SCc4c2ccc(F)c4F)[C@@H]2COCCN2C3=O)cc1. The van der Waals surface area contributed by atoms with Gasteiger partial charge in [-0.1, -0.05) is 36.4 Å². The Morgan fingerprint density at radius 2 is 1.81 bits per heavy atom. The highest BCUT2D eigenvalue weighted by molar-refractivity contribution is 7.98. The molecule has 3 aliphatic rings. The van der Waals surface area contributed by atoms with E-state index in [1.807, 2.05) is 29.3 Å². The minimum Gasteiger partial charge on any atom is -0.482 e. The number of benzene rings is 3. The number of fused-ring (bicyclic) bond motifs is 4. The highest BCUT2D eigenvalue weighted by atomic mass is 32.2. The number of ether oxygens (including phenoxy) is 3. The van der Waals surface area contributed by atoms with Crippen LogP contribution in [0.15, 0.2) is 82.6 Å².